The third kappa shape index (κ3) is 4.31. The second kappa shape index (κ2) is 8.30. The van der Waals surface area contributed by atoms with Crippen LogP contribution in [0.5, 0.6) is 0 Å². The Morgan fingerprint density at radius 1 is 1.32 bits per heavy atom. The highest BCUT2D eigenvalue weighted by Crippen LogP contribution is 2.22. The van der Waals surface area contributed by atoms with E-state index in [4.69, 9.17) is 0 Å². The molecule has 1 aliphatic heterocycles. The minimum Gasteiger partial charge on any atom is -0.320 e. The number of rotatable bonds is 6. The first-order valence-corrected chi connectivity index (χ1v) is 8.34. The van der Waals surface area contributed by atoms with Crippen LogP contribution in [0.15, 0.2) is 30.3 Å². The summed E-state index contributed by atoms with van der Waals surface area (Å²) in [5, 5.41) is 3.23. The number of benzene rings is 1. The fourth-order valence-electron chi connectivity index (χ4n) is 3.19. The van der Waals surface area contributed by atoms with Crippen molar-refractivity contribution in [3.63, 3.8) is 0 Å². The predicted molar refractivity (Wildman–Crippen MR) is 92.2 cm³/mol. The lowest BCUT2D eigenvalue weighted by molar-refractivity contribution is -0.123. The number of carbonyl (C=O) groups is 1. The summed E-state index contributed by atoms with van der Waals surface area (Å²) in [5.41, 5.74) is 0.961. The third-order valence-corrected chi connectivity index (χ3v) is 4.83. The lowest BCUT2D eigenvalue weighted by atomic mass is 9.92. The van der Waals surface area contributed by atoms with Gasteiger partial charge in [-0.15, -0.1) is 0 Å². The van der Waals surface area contributed by atoms with Crippen molar-refractivity contribution >= 4 is 11.6 Å². The average molecular weight is 303 g/mol. The molecular formula is C18H29N3O. The maximum atomic E-state index is 12.7. The SMILES string of the molecule is CNCCC1CCN(C(C)C(=O)N(C)c2ccccc2)CC1. The molecule has 4 heteroatoms. The van der Waals surface area contributed by atoms with Crippen LogP contribution >= 0.6 is 0 Å². The van der Waals surface area contributed by atoms with Crippen molar-refractivity contribution < 1.29 is 4.79 Å². The molecule has 4 nitrogen and oxygen atoms in total. The number of nitrogens with zero attached hydrogens (tertiary/aromatic N) is 2. The monoisotopic (exact) mass is 303 g/mol. The minimum atomic E-state index is -0.0459. The molecule has 0 bridgehead atoms. The molecule has 1 saturated heterocycles. The number of piperidine rings is 1. The van der Waals surface area contributed by atoms with Crippen molar-refractivity contribution in [1.82, 2.24) is 10.2 Å². The summed E-state index contributed by atoms with van der Waals surface area (Å²) in [7, 11) is 3.88. The quantitative estimate of drug-likeness (QED) is 0.876. The van der Waals surface area contributed by atoms with E-state index < -0.39 is 0 Å². The lowest BCUT2D eigenvalue weighted by Gasteiger charge is -2.36. The van der Waals surface area contributed by atoms with Crippen molar-refractivity contribution in [2.24, 2.45) is 5.92 Å². The molecule has 1 unspecified atom stereocenters. The Balaban J connectivity index is 1.86. The van der Waals surface area contributed by atoms with Gasteiger partial charge in [0.2, 0.25) is 5.91 Å². The third-order valence-electron chi connectivity index (χ3n) is 4.83. The Morgan fingerprint density at radius 3 is 2.55 bits per heavy atom. The fraction of sp³-hybridized carbons (Fsp3) is 0.611. The van der Waals surface area contributed by atoms with Gasteiger partial charge in [-0.2, -0.15) is 0 Å². The van der Waals surface area contributed by atoms with Gasteiger partial charge in [-0.25, -0.2) is 0 Å². The van der Waals surface area contributed by atoms with Gasteiger partial charge in [-0.1, -0.05) is 18.2 Å². The minimum absolute atomic E-state index is 0.0459. The molecule has 1 amide bonds. The topological polar surface area (TPSA) is 35.6 Å². The van der Waals surface area contributed by atoms with E-state index in [1.54, 1.807) is 4.90 Å². The molecule has 0 saturated carbocycles. The van der Waals surface area contributed by atoms with Gasteiger partial charge in [0.05, 0.1) is 6.04 Å². The highest BCUT2D eigenvalue weighted by molar-refractivity contribution is 5.96. The number of hydrogen-bond donors (Lipinski definition) is 1. The first-order chi connectivity index (χ1) is 10.6. The summed E-state index contributed by atoms with van der Waals surface area (Å²) in [6.07, 6.45) is 3.65. The van der Waals surface area contributed by atoms with Gasteiger partial charge in [0, 0.05) is 12.7 Å². The van der Waals surface area contributed by atoms with Gasteiger partial charge in [-0.05, 0) is 70.9 Å². The highest BCUT2D eigenvalue weighted by Gasteiger charge is 2.28. The van der Waals surface area contributed by atoms with Crippen LogP contribution in [0.4, 0.5) is 5.69 Å². The van der Waals surface area contributed by atoms with Gasteiger partial charge < -0.3 is 10.2 Å². The van der Waals surface area contributed by atoms with Crippen molar-refractivity contribution in [2.45, 2.75) is 32.2 Å². The van der Waals surface area contributed by atoms with E-state index in [0.29, 0.717) is 0 Å². The van der Waals surface area contributed by atoms with Gasteiger partial charge in [-0.3, -0.25) is 9.69 Å². The van der Waals surface area contributed by atoms with Crippen LogP contribution in [0, 0.1) is 5.92 Å². The maximum Gasteiger partial charge on any atom is 0.243 e. The van der Waals surface area contributed by atoms with Crippen molar-refractivity contribution in [2.75, 3.05) is 38.6 Å². The van der Waals surface area contributed by atoms with E-state index in [9.17, 15) is 4.79 Å². The molecular weight excluding hydrogens is 274 g/mol. The summed E-state index contributed by atoms with van der Waals surface area (Å²) in [5.74, 6) is 0.984. The zero-order valence-electron chi connectivity index (χ0n) is 14.1. The standard InChI is InChI=1S/C18H29N3O/c1-15(18(22)20(3)17-7-5-4-6-8-17)21-13-10-16(11-14-21)9-12-19-2/h4-8,15-16,19H,9-14H2,1-3H3. The Bertz CT molecular complexity index is 455. The largest absolute Gasteiger partial charge is 0.320 e. The number of likely N-dealkylation sites (tertiary alicyclic amines) is 1. The molecule has 122 valence electrons. The van der Waals surface area contributed by atoms with Gasteiger partial charge >= 0.3 is 0 Å². The molecule has 1 fully saturated rings. The molecule has 0 radical (unpaired) electrons. The lowest BCUT2D eigenvalue weighted by Crippen LogP contribution is -2.49. The Labute approximate surface area is 134 Å². The second-order valence-corrected chi connectivity index (χ2v) is 6.28. The first-order valence-electron chi connectivity index (χ1n) is 8.34. The van der Waals surface area contributed by atoms with Crippen LogP contribution in [-0.4, -0.2) is 50.6 Å². The van der Waals surface area contributed by atoms with Crippen LogP contribution in [0.2, 0.25) is 0 Å². The van der Waals surface area contributed by atoms with Crippen molar-refractivity contribution in [1.29, 1.82) is 0 Å². The highest BCUT2D eigenvalue weighted by atomic mass is 16.2. The van der Waals surface area contributed by atoms with Gasteiger partial charge in [0.1, 0.15) is 0 Å². The van der Waals surface area contributed by atoms with Crippen LogP contribution in [0.1, 0.15) is 26.2 Å². The Morgan fingerprint density at radius 2 is 1.95 bits per heavy atom. The zero-order valence-corrected chi connectivity index (χ0v) is 14.1. The number of likely N-dealkylation sites (N-methyl/N-ethyl adjacent to an activating group) is 1. The maximum absolute atomic E-state index is 12.7. The van der Waals surface area contributed by atoms with E-state index in [2.05, 4.69) is 10.2 Å². The van der Waals surface area contributed by atoms with E-state index in [1.807, 2.05) is 51.4 Å². The smallest absolute Gasteiger partial charge is 0.243 e. The molecule has 1 N–H and O–H groups in total. The van der Waals surface area contributed by atoms with E-state index >= 15 is 0 Å². The number of para-hydroxylation sites is 1. The predicted octanol–water partition coefficient (Wildman–Crippen LogP) is 2.36. The number of carbonyl (C=O) groups excluding carboxylic acids is 1. The summed E-state index contributed by atoms with van der Waals surface area (Å²) in [4.78, 5) is 16.8. The molecule has 0 aromatic heterocycles. The molecule has 1 heterocycles. The van der Waals surface area contributed by atoms with E-state index in [0.717, 1.165) is 31.2 Å². The summed E-state index contributed by atoms with van der Waals surface area (Å²) in [6.45, 7) is 5.19. The van der Waals surface area contributed by atoms with Crippen LogP contribution in [-0.2, 0) is 4.79 Å². The van der Waals surface area contributed by atoms with Crippen LogP contribution in [0.3, 0.4) is 0 Å². The Kier molecular flexibility index (Phi) is 6.40. The molecule has 0 aliphatic carbocycles. The van der Waals surface area contributed by atoms with Crippen LogP contribution < -0.4 is 10.2 Å². The zero-order chi connectivity index (χ0) is 15.9. The normalized spacial score (nSPS) is 18.1. The first kappa shape index (κ1) is 17.0. The molecule has 22 heavy (non-hydrogen) atoms. The number of hydrogen-bond acceptors (Lipinski definition) is 3. The van der Waals surface area contributed by atoms with Gasteiger partial charge in [0.15, 0.2) is 0 Å². The molecule has 1 aromatic rings. The fourth-order valence-corrected chi connectivity index (χ4v) is 3.19. The molecule has 1 aromatic carbocycles. The molecule has 1 atom stereocenters. The van der Waals surface area contributed by atoms with Crippen molar-refractivity contribution in [3.8, 4) is 0 Å². The second-order valence-electron chi connectivity index (χ2n) is 6.28. The average Bonchev–Trinajstić information content (AvgIpc) is 2.59. The van der Waals surface area contributed by atoms with E-state index in [-0.39, 0.29) is 11.9 Å². The summed E-state index contributed by atoms with van der Waals surface area (Å²) < 4.78 is 0. The number of amides is 1. The van der Waals surface area contributed by atoms with E-state index in [1.165, 1.54) is 19.3 Å². The number of nitrogens with one attached hydrogen (secondary N) is 1. The van der Waals surface area contributed by atoms with Crippen LogP contribution in [0.25, 0.3) is 0 Å². The molecule has 1 aliphatic rings. The molecule has 2 rings (SSSR count). The summed E-state index contributed by atoms with van der Waals surface area (Å²) in [6, 6.07) is 9.83. The molecule has 0 spiro atoms. The Hall–Kier alpha value is -1.39. The summed E-state index contributed by atoms with van der Waals surface area (Å²) >= 11 is 0. The number of anilines is 1. The van der Waals surface area contributed by atoms with Crippen molar-refractivity contribution in [3.05, 3.63) is 30.3 Å². The van der Waals surface area contributed by atoms with Gasteiger partial charge in [0.25, 0.3) is 0 Å².